The summed E-state index contributed by atoms with van der Waals surface area (Å²) in [7, 11) is 0. The van der Waals surface area contributed by atoms with Crippen molar-refractivity contribution in [3.63, 3.8) is 0 Å². The molecule has 1 N–H and O–H groups in total. The van der Waals surface area contributed by atoms with E-state index in [1.54, 1.807) is 6.92 Å². The summed E-state index contributed by atoms with van der Waals surface area (Å²) in [5.41, 5.74) is 3.40. The van der Waals surface area contributed by atoms with Gasteiger partial charge in [0.15, 0.2) is 6.61 Å². The van der Waals surface area contributed by atoms with E-state index >= 15 is 0 Å². The summed E-state index contributed by atoms with van der Waals surface area (Å²) >= 11 is 0. The molecule has 4 heteroatoms. The van der Waals surface area contributed by atoms with E-state index in [4.69, 9.17) is 9.57 Å². The van der Waals surface area contributed by atoms with Gasteiger partial charge in [-0.05, 0) is 26.0 Å². The van der Waals surface area contributed by atoms with Crippen molar-refractivity contribution >= 4 is 5.91 Å². The van der Waals surface area contributed by atoms with Gasteiger partial charge in [0.1, 0.15) is 5.75 Å². The molecule has 0 aliphatic rings. The quantitative estimate of drug-likeness (QED) is 0.746. The van der Waals surface area contributed by atoms with Crippen molar-refractivity contribution in [2.45, 2.75) is 13.8 Å². The van der Waals surface area contributed by atoms with Gasteiger partial charge in [0, 0.05) is 0 Å². The zero-order valence-corrected chi connectivity index (χ0v) is 8.95. The Balaban J connectivity index is 2.30. The third-order valence-corrected chi connectivity index (χ3v) is 1.72. The van der Waals surface area contributed by atoms with Crippen LogP contribution in [0.5, 0.6) is 5.75 Å². The van der Waals surface area contributed by atoms with Crippen LogP contribution in [0.1, 0.15) is 12.5 Å². The minimum absolute atomic E-state index is 0.0386. The third-order valence-electron chi connectivity index (χ3n) is 1.72. The number of rotatable bonds is 5. The molecular formula is C11H15NO3. The Labute approximate surface area is 89.1 Å². The molecule has 0 heterocycles. The predicted molar refractivity (Wildman–Crippen MR) is 56.4 cm³/mol. The smallest absolute Gasteiger partial charge is 0.281 e. The van der Waals surface area contributed by atoms with Crippen LogP contribution < -0.4 is 10.2 Å². The van der Waals surface area contributed by atoms with Gasteiger partial charge in [-0.25, -0.2) is 5.48 Å². The normalized spacial score (nSPS) is 9.73. The highest BCUT2D eigenvalue weighted by Gasteiger charge is 2.01. The number of ether oxygens (including phenoxy) is 1. The van der Waals surface area contributed by atoms with Gasteiger partial charge in [-0.3, -0.25) is 9.63 Å². The fourth-order valence-electron chi connectivity index (χ4n) is 0.966. The summed E-state index contributed by atoms with van der Waals surface area (Å²) in [6.45, 7) is 4.19. The summed E-state index contributed by atoms with van der Waals surface area (Å²) in [5, 5.41) is 0. The minimum Gasteiger partial charge on any atom is -0.484 e. The van der Waals surface area contributed by atoms with Gasteiger partial charge in [-0.2, -0.15) is 0 Å². The molecule has 0 unspecified atom stereocenters. The number of hydrogen-bond acceptors (Lipinski definition) is 3. The van der Waals surface area contributed by atoms with Gasteiger partial charge < -0.3 is 4.74 Å². The van der Waals surface area contributed by atoms with Crippen molar-refractivity contribution in [2.24, 2.45) is 0 Å². The molecule has 0 fully saturated rings. The van der Waals surface area contributed by atoms with E-state index in [-0.39, 0.29) is 12.5 Å². The maximum Gasteiger partial charge on any atom is 0.281 e. The van der Waals surface area contributed by atoms with Crippen molar-refractivity contribution in [3.05, 3.63) is 29.8 Å². The molecule has 1 rings (SSSR count). The van der Waals surface area contributed by atoms with Crippen LogP contribution in [-0.4, -0.2) is 19.1 Å². The predicted octanol–water partition coefficient (Wildman–Crippen LogP) is 1.44. The molecule has 1 aromatic rings. The standard InChI is InChI=1S/C11H15NO3/c1-3-15-12-11(13)8-14-10-6-4-9(2)5-7-10/h4-7H,3,8H2,1-2H3,(H,12,13). The Bertz CT molecular complexity index is 308. The van der Waals surface area contributed by atoms with Crippen LogP contribution in [0.15, 0.2) is 24.3 Å². The van der Waals surface area contributed by atoms with E-state index in [1.807, 2.05) is 31.2 Å². The number of aryl methyl sites for hydroxylation is 1. The second-order valence-electron chi connectivity index (χ2n) is 3.06. The molecule has 0 atom stereocenters. The summed E-state index contributed by atoms with van der Waals surface area (Å²) in [5.74, 6) is 0.379. The summed E-state index contributed by atoms with van der Waals surface area (Å²) < 4.78 is 5.23. The lowest BCUT2D eigenvalue weighted by Gasteiger charge is -2.06. The SMILES string of the molecule is CCONC(=O)COc1ccc(C)cc1. The van der Waals surface area contributed by atoms with Gasteiger partial charge in [0.25, 0.3) is 5.91 Å². The van der Waals surface area contributed by atoms with Gasteiger partial charge in [0.05, 0.1) is 6.61 Å². The number of carbonyl (C=O) groups is 1. The van der Waals surface area contributed by atoms with Crippen LogP contribution in [0.3, 0.4) is 0 Å². The third kappa shape index (κ3) is 4.46. The van der Waals surface area contributed by atoms with Crippen molar-refractivity contribution in [2.75, 3.05) is 13.2 Å². The van der Waals surface area contributed by atoms with Crippen LogP contribution in [-0.2, 0) is 9.63 Å². The van der Waals surface area contributed by atoms with Crippen molar-refractivity contribution < 1.29 is 14.4 Å². The first-order chi connectivity index (χ1) is 7.22. The zero-order valence-electron chi connectivity index (χ0n) is 8.95. The average molecular weight is 209 g/mol. The molecule has 0 saturated carbocycles. The lowest BCUT2D eigenvalue weighted by Crippen LogP contribution is -2.28. The number of hydrogen-bond donors (Lipinski definition) is 1. The minimum atomic E-state index is -0.294. The number of carbonyl (C=O) groups excluding carboxylic acids is 1. The highest BCUT2D eigenvalue weighted by Crippen LogP contribution is 2.10. The average Bonchev–Trinajstić information content (AvgIpc) is 2.25. The fourth-order valence-corrected chi connectivity index (χ4v) is 0.966. The Kier molecular flexibility index (Phi) is 4.63. The van der Waals surface area contributed by atoms with Gasteiger partial charge in [0.2, 0.25) is 0 Å². The van der Waals surface area contributed by atoms with Crippen LogP contribution in [0.25, 0.3) is 0 Å². The van der Waals surface area contributed by atoms with E-state index in [0.717, 1.165) is 5.56 Å². The van der Waals surface area contributed by atoms with Crippen LogP contribution >= 0.6 is 0 Å². The zero-order chi connectivity index (χ0) is 11.1. The monoisotopic (exact) mass is 209 g/mol. The van der Waals surface area contributed by atoms with Crippen LogP contribution in [0.2, 0.25) is 0 Å². The van der Waals surface area contributed by atoms with Crippen molar-refractivity contribution in [3.8, 4) is 5.75 Å². The molecule has 1 aromatic carbocycles. The van der Waals surface area contributed by atoms with Crippen LogP contribution in [0.4, 0.5) is 0 Å². The number of amides is 1. The highest BCUT2D eigenvalue weighted by molar-refractivity contribution is 5.76. The largest absolute Gasteiger partial charge is 0.484 e. The number of hydroxylamine groups is 1. The Hall–Kier alpha value is -1.55. The second kappa shape index (κ2) is 6.03. The molecule has 4 nitrogen and oxygen atoms in total. The van der Waals surface area contributed by atoms with Gasteiger partial charge in [-0.15, -0.1) is 0 Å². The molecule has 82 valence electrons. The second-order valence-corrected chi connectivity index (χ2v) is 3.06. The van der Waals surface area contributed by atoms with Gasteiger partial charge >= 0.3 is 0 Å². The Morgan fingerprint density at radius 1 is 1.33 bits per heavy atom. The number of benzene rings is 1. The van der Waals surface area contributed by atoms with Crippen molar-refractivity contribution in [1.29, 1.82) is 0 Å². The van der Waals surface area contributed by atoms with E-state index in [1.165, 1.54) is 0 Å². The Morgan fingerprint density at radius 3 is 2.60 bits per heavy atom. The summed E-state index contributed by atoms with van der Waals surface area (Å²) in [6.07, 6.45) is 0. The maximum atomic E-state index is 11.1. The Morgan fingerprint density at radius 2 is 2.00 bits per heavy atom. The van der Waals surface area contributed by atoms with E-state index < -0.39 is 0 Å². The fraction of sp³-hybridized carbons (Fsp3) is 0.364. The molecule has 0 aromatic heterocycles. The molecule has 0 saturated heterocycles. The first kappa shape index (κ1) is 11.5. The summed E-state index contributed by atoms with van der Waals surface area (Å²) in [6, 6.07) is 7.50. The van der Waals surface area contributed by atoms with E-state index in [0.29, 0.717) is 12.4 Å². The molecule has 1 amide bonds. The molecule has 0 aliphatic heterocycles. The molecule has 0 aliphatic carbocycles. The van der Waals surface area contributed by atoms with Crippen LogP contribution in [0, 0.1) is 6.92 Å². The topological polar surface area (TPSA) is 47.6 Å². The molecule has 0 spiro atoms. The lowest BCUT2D eigenvalue weighted by molar-refractivity contribution is -0.135. The van der Waals surface area contributed by atoms with E-state index in [9.17, 15) is 4.79 Å². The lowest BCUT2D eigenvalue weighted by atomic mass is 10.2. The molecule has 0 radical (unpaired) electrons. The molecule has 0 bridgehead atoms. The molecule has 15 heavy (non-hydrogen) atoms. The highest BCUT2D eigenvalue weighted by atomic mass is 16.7. The van der Waals surface area contributed by atoms with Crippen molar-refractivity contribution in [1.82, 2.24) is 5.48 Å². The van der Waals surface area contributed by atoms with Gasteiger partial charge in [-0.1, -0.05) is 17.7 Å². The first-order valence-corrected chi connectivity index (χ1v) is 4.82. The summed E-state index contributed by atoms with van der Waals surface area (Å²) in [4.78, 5) is 15.8. The first-order valence-electron chi connectivity index (χ1n) is 4.82. The maximum absolute atomic E-state index is 11.1. The number of nitrogens with one attached hydrogen (secondary N) is 1. The molecular weight excluding hydrogens is 194 g/mol. The van der Waals surface area contributed by atoms with E-state index in [2.05, 4.69) is 5.48 Å².